The van der Waals surface area contributed by atoms with E-state index in [1.165, 1.54) is 0 Å². The number of halogens is 2. The number of hydrogen-bond acceptors (Lipinski definition) is 1. The van der Waals surface area contributed by atoms with E-state index in [-0.39, 0.29) is 0 Å². The quantitative estimate of drug-likeness (QED) is 0.637. The lowest BCUT2D eigenvalue weighted by atomic mass is 10.4. The number of thiol groups is 1. The predicted octanol–water partition coefficient (Wildman–Crippen LogP) is 4.27. The summed E-state index contributed by atoms with van der Waals surface area (Å²) in [6, 6.07) is 15.1. The molecule has 0 atom stereocenters. The lowest BCUT2D eigenvalue weighted by Crippen LogP contribution is -2.13. The minimum Gasteiger partial charge on any atom is -0.133 e. The van der Waals surface area contributed by atoms with Gasteiger partial charge < -0.3 is 0 Å². The van der Waals surface area contributed by atoms with Crippen molar-refractivity contribution in [3.05, 3.63) is 58.6 Å². The molecule has 0 unspecified atom stereocenters. The lowest BCUT2D eigenvalue weighted by molar-refractivity contribution is 1.75. The van der Waals surface area contributed by atoms with Crippen molar-refractivity contribution in [2.75, 3.05) is 0 Å². The summed E-state index contributed by atoms with van der Waals surface area (Å²) in [5.74, 6) is 0. The summed E-state index contributed by atoms with van der Waals surface area (Å²) in [6.45, 7) is 0. The van der Waals surface area contributed by atoms with Gasteiger partial charge in [-0.05, 0) is 12.1 Å². The van der Waals surface area contributed by atoms with Crippen molar-refractivity contribution in [3.8, 4) is 0 Å². The zero-order valence-electron chi connectivity index (χ0n) is 8.68. The first kappa shape index (κ1) is 13.5. The van der Waals surface area contributed by atoms with Gasteiger partial charge in [0.1, 0.15) is 0 Å². The SMILES string of the molecule is S=P(S)(c1ccccc1Cl)c1ccccc1Cl. The molecule has 0 radical (unpaired) electrons. The van der Waals surface area contributed by atoms with Crippen molar-refractivity contribution in [2.24, 2.45) is 0 Å². The molecule has 5 heteroatoms. The third-order valence-electron chi connectivity index (χ3n) is 2.36. The molecule has 0 aromatic heterocycles. The van der Waals surface area contributed by atoms with Crippen molar-refractivity contribution in [2.45, 2.75) is 0 Å². The molecule has 0 amide bonds. The fraction of sp³-hybridized carbons (Fsp3) is 0. The Morgan fingerprint density at radius 2 is 1.18 bits per heavy atom. The minimum atomic E-state index is -2.21. The highest BCUT2D eigenvalue weighted by atomic mass is 35.5. The predicted molar refractivity (Wildman–Crippen MR) is 85.4 cm³/mol. The molecule has 2 aromatic rings. The first-order chi connectivity index (χ1) is 8.03. The summed E-state index contributed by atoms with van der Waals surface area (Å²) in [5.41, 5.74) is 0. The second-order valence-electron chi connectivity index (χ2n) is 3.48. The average Bonchev–Trinajstić information content (AvgIpc) is 2.29. The first-order valence-corrected chi connectivity index (χ1v) is 9.57. The molecule has 88 valence electrons. The Bertz CT molecular complexity index is 549. The van der Waals surface area contributed by atoms with Gasteiger partial charge in [-0.15, -0.1) is 12.2 Å². The molecule has 2 rings (SSSR count). The summed E-state index contributed by atoms with van der Waals surface area (Å²) in [4.78, 5) is 0. The van der Waals surface area contributed by atoms with Crippen LogP contribution in [0.5, 0.6) is 0 Å². The number of benzene rings is 2. The molecule has 2 aromatic carbocycles. The van der Waals surface area contributed by atoms with Crippen LogP contribution in [0.2, 0.25) is 10.0 Å². The normalized spacial score (nSPS) is 11.5. The average molecular weight is 319 g/mol. The Balaban J connectivity index is 2.63. The van der Waals surface area contributed by atoms with Gasteiger partial charge in [0, 0.05) is 10.6 Å². The first-order valence-electron chi connectivity index (χ1n) is 4.86. The second kappa shape index (κ2) is 5.34. The Hall–Kier alpha value is 0.0200. The van der Waals surface area contributed by atoms with Gasteiger partial charge in [0.25, 0.3) is 0 Å². The molecule has 0 spiro atoms. The van der Waals surface area contributed by atoms with Crippen LogP contribution in [-0.4, -0.2) is 0 Å². The van der Waals surface area contributed by atoms with Gasteiger partial charge in [-0.2, -0.15) is 0 Å². The standard InChI is InChI=1S/C12H9Cl2PS2/c13-9-5-1-3-7-11(9)15(16,17)12-8-4-2-6-10(12)14/h1-8H,(H,16,17). The summed E-state index contributed by atoms with van der Waals surface area (Å²) < 4.78 is 0. The fourth-order valence-corrected chi connectivity index (χ4v) is 6.78. The Morgan fingerprint density at radius 3 is 1.53 bits per heavy atom. The van der Waals surface area contributed by atoms with Crippen LogP contribution in [0.3, 0.4) is 0 Å². The highest BCUT2D eigenvalue weighted by Gasteiger charge is 2.22. The molecule has 0 N–H and O–H groups in total. The van der Waals surface area contributed by atoms with Gasteiger partial charge in [0.15, 0.2) is 0 Å². The van der Waals surface area contributed by atoms with Gasteiger partial charge >= 0.3 is 0 Å². The molecular formula is C12H9Cl2PS2. The van der Waals surface area contributed by atoms with Gasteiger partial charge in [-0.25, -0.2) is 0 Å². The molecule has 0 aliphatic rings. The molecule has 0 heterocycles. The summed E-state index contributed by atoms with van der Waals surface area (Å²) >= 11 is 22.7. The van der Waals surface area contributed by atoms with E-state index in [1.807, 2.05) is 48.5 Å². The van der Waals surface area contributed by atoms with Gasteiger partial charge in [-0.1, -0.05) is 71.4 Å². The maximum absolute atomic E-state index is 6.18. The summed E-state index contributed by atoms with van der Waals surface area (Å²) in [7, 11) is 0. The second-order valence-corrected chi connectivity index (χ2v) is 10.7. The maximum atomic E-state index is 6.18. The molecule has 0 aliphatic heterocycles. The van der Waals surface area contributed by atoms with Gasteiger partial charge in [0.2, 0.25) is 0 Å². The van der Waals surface area contributed by atoms with E-state index in [1.54, 1.807) is 0 Å². The van der Waals surface area contributed by atoms with Crippen molar-refractivity contribution in [1.29, 1.82) is 0 Å². The smallest absolute Gasteiger partial charge is 0.0613 e. The van der Waals surface area contributed by atoms with Crippen LogP contribution in [0.4, 0.5) is 0 Å². The molecule has 0 saturated heterocycles. The zero-order valence-corrected chi connectivity index (χ0v) is 12.8. The molecule has 0 bridgehead atoms. The van der Waals surface area contributed by atoms with E-state index in [9.17, 15) is 0 Å². The van der Waals surface area contributed by atoms with Crippen molar-refractivity contribution >= 4 is 63.1 Å². The van der Waals surface area contributed by atoms with E-state index < -0.39 is 5.24 Å². The van der Waals surface area contributed by atoms with Crippen LogP contribution in [0.25, 0.3) is 0 Å². The van der Waals surface area contributed by atoms with Crippen molar-refractivity contribution < 1.29 is 0 Å². The van der Waals surface area contributed by atoms with Crippen LogP contribution < -0.4 is 10.6 Å². The third-order valence-corrected chi connectivity index (χ3v) is 7.84. The molecule has 0 nitrogen and oxygen atoms in total. The van der Waals surface area contributed by atoms with E-state index in [2.05, 4.69) is 12.2 Å². The molecule has 17 heavy (non-hydrogen) atoms. The Labute approximate surface area is 121 Å². The van der Waals surface area contributed by atoms with E-state index in [0.29, 0.717) is 10.0 Å². The van der Waals surface area contributed by atoms with E-state index >= 15 is 0 Å². The van der Waals surface area contributed by atoms with Crippen LogP contribution in [0, 0.1) is 0 Å². The van der Waals surface area contributed by atoms with Crippen molar-refractivity contribution in [3.63, 3.8) is 0 Å². The monoisotopic (exact) mass is 318 g/mol. The third kappa shape index (κ3) is 2.72. The maximum Gasteiger partial charge on any atom is 0.0613 e. The topological polar surface area (TPSA) is 0 Å². The van der Waals surface area contributed by atoms with E-state index in [0.717, 1.165) is 10.6 Å². The van der Waals surface area contributed by atoms with E-state index in [4.69, 9.17) is 35.0 Å². The fourth-order valence-electron chi connectivity index (χ4n) is 1.52. The molecule has 0 saturated carbocycles. The van der Waals surface area contributed by atoms with Crippen LogP contribution in [0.15, 0.2) is 48.5 Å². The summed E-state index contributed by atoms with van der Waals surface area (Å²) in [5, 5.41) is 0.845. The minimum absolute atomic E-state index is 0.644. The highest BCUT2D eigenvalue weighted by Crippen LogP contribution is 2.51. The van der Waals surface area contributed by atoms with Crippen LogP contribution in [0.1, 0.15) is 0 Å². The zero-order chi connectivity index (χ0) is 12.5. The molecule has 0 fully saturated rings. The largest absolute Gasteiger partial charge is 0.133 e. The Morgan fingerprint density at radius 1 is 0.824 bits per heavy atom. The lowest BCUT2D eigenvalue weighted by Gasteiger charge is -2.19. The van der Waals surface area contributed by atoms with Crippen LogP contribution >= 0.6 is 40.7 Å². The molecule has 0 aliphatic carbocycles. The highest BCUT2D eigenvalue weighted by molar-refractivity contribution is 8.68. The number of rotatable bonds is 2. The van der Waals surface area contributed by atoms with Crippen molar-refractivity contribution in [1.82, 2.24) is 0 Å². The van der Waals surface area contributed by atoms with Crippen LogP contribution in [-0.2, 0) is 11.8 Å². The van der Waals surface area contributed by atoms with Gasteiger partial charge in [-0.3, -0.25) is 0 Å². The summed E-state index contributed by atoms with van der Waals surface area (Å²) in [6.07, 6.45) is 0. The Kier molecular flexibility index (Phi) is 4.22. The van der Waals surface area contributed by atoms with Gasteiger partial charge in [0.05, 0.1) is 15.3 Å². The number of hydrogen-bond donors (Lipinski definition) is 1. The molecular weight excluding hydrogens is 310 g/mol.